The highest BCUT2D eigenvalue weighted by molar-refractivity contribution is 6.30. The number of carbonyl (C=O) groups is 1. The molecule has 0 aliphatic heterocycles. The Morgan fingerprint density at radius 1 is 1.21 bits per heavy atom. The Labute approximate surface area is 194 Å². The molecule has 9 heteroatoms. The number of fused-ring (bicyclic) bond motifs is 1. The van der Waals surface area contributed by atoms with Crippen LogP contribution in [-0.2, 0) is 20.1 Å². The molecule has 1 aromatic carbocycles. The number of halogens is 1. The van der Waals surface area contributed by atoms with Crippen LogP contribution in [-0.4, -0.2) is 27.1 Å². The quantitative estimate of drug-likeness (QED) is 0.368. The second kappa shape index (κ2) is 9.99. The van der Waals surface area contributed by atoms with E-state index in [2.05, 4.69) is 15.6 Å². The van der Waals surface area contributed by atoms with Crippen molar-refractivity contribution < 1.29 is 14.3 Å². The molecule has 0 bridgehead atoms. The molecule has 1 atom stereocenters. The Kier molecular flexibility index (Phi) is 6.88. The maximum atomic E-state index is 12.9. The highest BCUT2D eigenvalue weighted by atomic mass is 35.5. The number of aliphatic hydroxyl groups is 1. The number of hydrogen-bond donors (Lipinski definition) is 3. The fourth-order valence-corrected chi connectivity index (χ4v) is 3.58. The number of nitrogens with zero attached hydrogens (tertiary/aromatic N) is 2. The van der Waals surface area contributed by atoms with E-state index in [9.17, 15) is 14.7 Å². The molecule has 1 unspecified atom stereocenters. The molecule has 3 heterocycles. The van der Waals surface area contributed by atoms with Crippen LogP contribution in [0.2, 0.25) is 5.02 Å². The number of furan rings is 1. The summed E-state index contributed by atoms with van der Waals surface area (Å²) in [5.41, 5.74) is 1.44. The van der Waals surface area contributed by atoms with Crippen molar-refractivity contribution in [1.29, 1.82) is 0 Å². The van der Waals surface area contributed by atoms with Gasteiger partial charge in [-0.2, -0.15) is 0 Å². The molecule has 4 rings (SSSR count). The van der Waals surface area contributed by atoms with E-state index in [-0.39, 0.29) is 18.7 Å². The zero-order valence-electron chi connectivity index (χ0n) is 17.9. The lowest BCUT2D eigenvalue weighted by molar-refractivity contribution is 0.0949. The third-order valence-electron chi connectivity index (χ3n) is 5.17. The molecule has 0 aliphatic carbocycles. The summed E-state index contributed by atoms with van der Waals surface area (Å²) in [6.45, 7) is 0.842. The minimum absolute atomic E-state index is 0.0323. The van der Waals surface area contributed by atoms with Crippen LogP contribution in [0, 0.1) is 0 Å². The first kappa shape index (κ1) is 22.7. The van der Waals surface area contributed by atoms with Crippen LogP contribution >= 0.6 is 11.6 Å². The van der Waals surface area contributed by atoms with Gasteiger partial charge in [-0.1, -0.05) is 29.8 Å². The number of hydrogen-bond acceptors (Lipinski definition) is 6. The molecule has 0 saturated heterocycles. The van der Waals surface area contributed by atoms with Gasteiger partial charge in [0.15, 0.2) is 0 Å². The van der Waals surface area contributed by atoms with E-state index in [4.69, 9.17) is 16.0 Å². The predicted molar refractivity (Wildman–Crippen MR) is 125 cm³/mol. The first-order chi connectivity index (χ1) is 15.9. The molecular formula is C24H23ClN4O4. The van der Waals surface area contributed by atoms with Gasteiger partial charge in [0.05, 0.1) is 17.6 Å². The van der Waals surface area contributed by atoms with Crippen LogP contribution in [0.25, 0.3) is 11.1 Å². The number of amides is 1. The van der Waals surface area contributed by atoms with Crippen LogP contribution < -0.4 is 16.1 Å². The van der Waals surface area contributed by atoms with Gasteiger partial charge >= 0.3 is 0 Å². The topological polar surface area (TPSA) is 109 Å². The normalized spacial score (nSPS) is 12.1. The predicted octanol–water partition coefficient (Wildman–Crippen LogP) is 2.93. The third kappa shape index (κ3) is 5.31. The smallest absolute Gasteiger partial charge is 0.257 e. The molecule has 3 aromatic heterocycles. The molecule has 0 aliphatic rings. The SMILES string of the molecule is Cn1cc(C(=O)NCc2ccc(Cl)cc2)c(=O)c2cc(CNCC(O)c3ccccn3)oc21. The van der Waals surface area contributed by atoms with Gasteiger partial charge in [-0.05, 0) is 35.9 Å². The number of aliphatic hydroxyl groups excluding tert-OH is 1. The van der Waals surface area contributed by atoms with Crippen molar-refractivity contribution >= 4 is 28.6 Å². The molecule has 8 nitrogen and oxygen atoms in total. The van der Waals surface area contributed by atoms with E-state index in [1.54, 1.807) is 48.1 Å². The van der Waals surface area contributed by atoms with Gasteiger partial charge in [0.1, 0.15) is 17.4 Å². The largest absolute Gasteiger partial charge is 0.443 e. The highest BCUT2D eigenvalue weighted by Crippen LogP contribution is 2.17. The molecular weight excluding hydrogens is 444 g/mol. The zero-order valence-corrected chi connectivity index (χ0v) is 18.7. The van der Waals surface area contributed by atoms with E-state index in [0.29, 0.717) is 34.1 Å². The molecule has 4 aromatic rings. The second-order valence-corrected chi connectivity index (χ2v) is 8.06. The van der Waals surface area contributed by atoms with Gasteiger partial charge in [0.25, 0.3) is 5.91 Å². The number of benzene rings is 1. The first-order valence-corrected chi connectivity index (χ1v) is 10.7. The van der Waals surface area contributed by atoms with Crippen LogP contribution in [0.1, 0.15) is 33.5 Å². The number of aryl methyl sites for hydroxylation is 1. The maximum absolute atomic E-state index is 12.9. The van der Waals surface area contributed by atoms with Crippen molar-refractivity contribution in [1.82, 2.24) is 20.2 Å². The number of aromatic nitrogens is 2. The number of carbonyl (C=O) groups excluding carboxylic acids is 1. The number of pyridine rings is 2. The van der Waals surface area contributed by atoms with Gasteiger partial charge in [-0.25, -0.2) is 0 Å². The summed E-state index contributed by atoms with van der Waals surface area (Å²) in [7, 11) is 1.71. The summed E-state index contributed by atoms with van der Waals surface area (Å²) < 4.78 is 7.41. The van der Waals surface area contributed by atoms with E-state index in [1.165, 1.54) is 6.20 Å². The molecule has 0 saturated carbocycles. The van der Waals surface area contributed by atoms with E-state index in [0.717, 1.165) is 5.56 Å². The Bertz CT molecular complexity index is 1320. The van der Waals surface area contributed by atoms with Gasteiger partial charge in [0.2, 0.25) is 11.1 Å². The van der Waals surface area contributed by atoms with E-state index < -0.39 is 17.4 Å². The zero-order chi connectivity index (χ0) is 23.4. The summed E-state index contributed by atoms with van der Waals surface area (Å²) in [5.74, 6) is 0.0523. The Hall–Kier alpha value is -3.46. The minimum atomic E-state index is -0.766. The van der Waals surface area contributed by atoms with E-state index >= 15 is 0 Å². The van der Waals surface area contributed by atoms with Crippen molar-refractivity contribution in [3.8, 4) is 0 Å². The van der Waals surface area contributed by atoms with Crippen molar-refractivity contribution in [2.24, 2.45) is 7.05 Å². The van der Waals surface area contributed by atoms with Crippen molar-refractivity contribution in [2.75, 3.05) is 6.54 Å². The van der Waals surface area contributed by atoms with Crippen LogP contribution in [0.5, 0.6) is 0 Å². The van der Waals surface area contributed by atoms with Gasteiger partial charge in [-0.15, -0.1) is 0 Å². The van der Waals surface area contributed by atoms with Gasteiger partial charge in [-0.3, -0.25) is 14.6 Å². The first-order valence-electron chi connectivity index (χ1n) is 10.4. The molecule has 170 valence electrons. The van der Waals surface area contributed by atoms with Crippen LogP contribution in [0.3, 0.4) is 0 Å². The average molecular weight is 467 g/mol. The Morgan fingerprint density at radius 2 is 2.00 bits per heavy atom. The lowest BCUT2D eigenvalue weighted by Crippen LogP contribution is -2.29. The monoisotopic (exact) mass is 466 g/mol. The van der Waals surface area contributed by atoms with E-state index in [1.807, 2.05) is 18.2 Å². The third-order valence-corrected chi connectivity index (χ3v) is 5.42. The average Bonchev–Trinajstić information content (AvgIpc) is 3.26. The van der Waals surface area contributed by atoms with Crippen molar-refractivity contribution in [2.45, 2.75) is 19.2 Å². The highest BCUT2D eigenvalue weighted by Gasteiger charge is 2.18. The van der Waals surface area contributed by atoms with Crippen molar-refractivity contribution in [3.63, 3.8) is 0 Å². The maximum Gasteiger partial charge on any atom is 0.257 e. The number of rotatable bonds is 8. The summed E-state index contributed by atoms with van der Waals surface area (Å²) >= 11 is 5.88. The summed E-state index contributed by atoms with van der Waals surface area (Å²) in [4.78, 5) is 29.7. The molecule has 1 amide bonds. The standard InChI is InChI=1S/C24H23ClN4O4/c1-29-14-19(23(32)28-11-15-5-7-16(25)8-6-15)22(31)18-10-17(33-24(18)29)12-26-13-21(30)20-4-2-3-9-27-20/h2-10,14,21,26,30H,11-13H2,1H3,(H,28,32). The molecule has 0 radical (unpaired) electrons. The summed E-state index contributed by atoms with van der Waals surface area (Å²) in [6.07, 6.45) is 2.32. The van der Waals surface area contributed by atoms with Gasteiger partial charge in [0, 0.05) is 37.6 Å². The van der Waals surface area contributed by atoms with Crippen LogP contribution in [0.4, 0.5) is 0 Å². The molecule has 0 fully saturated rings. The molecule has 33 heavy (non-hydrogen) atoms. The Balaban J connectivity index is 1.44. The van der Waals surface area contributed by atoms with Crippen LogP contribution in [0.15, 0.2) is 70.1 Å². The summed E-state index contributed by atoms with van der Waals surface area (Å²) in [5, 5.41) is 17.0. The van der Waals surface area contributed by atoms with Crippen molar-refractivity contribution in [3.05, 3.63) is 98.8 Å². The number of nitrogens with one attached hydrogen (secondary N) is 2. The minimum Gasteiger partial charge on any atom is -0.443 e. The Morgan fingerprint density at radius 3 is 2.73 bits per heavy atom. The lowest BCUT2D eigenvalue weighted by atomic mass is 10.2. The lowest BCUT2D eigenvalue weighted by Gasteiger charge is -2.10. The molecule has 0 spiro atoms. The van der Waals surface area contributed by atoms with Gasteiger partial charge < -0.3 is 24.7 Å². The fraction of sp³-hybridized carbons (Fsp3) is 0.208. The molecule has 3 N–H and O–H groups in total. The fourth-order valence-electron chi connectivity index (χ4n) is 3.45. The summed E-state index contributed by atoms with van der Waals surface area (Å²) in [6, 6.07) is 14.1. The second-order valence-electron chi connectivity index (χ2n) is 7.62.